The predicted octanol–water partition coefficient (Wildman–Crippen LogP) is 3.39. The number of nitriles is 1. The maximum absolute atomic E-state index is 11.5. The molecule has 2 N–H and O–H groups in total. The van der Waals surface area contributed by atoms with Gasteiger partial charge in [-0.05, 0) is 54.8 Å². The van der Waals surface area contributed by atoms with E-state index in [2.05, 4.69) is 15.4 Å². The third kappa shape index (κ3) is 3.78. The lowest BCUT2D eigenvalue weighted by Gasteiger charge is -2.09. The van der Waals surface area contributed by atoms with E-state index >= 15 is 0 Å². The van der Waals surface area contributed by atoms with Crippen molar-refractivity contribution < 1.29 is 19.4 Å². The second-order valence-corrected chi connectivity index (χ2v) is 6.87. The second-order valence-electron chi connectivity index (χ2n) is 6.07. The van der Waals surface area contributed by atoms with Crippen molar-refractivity contribution in [3.8, 4) is 34.6 Å². The normalized spacial score (nSPS) is 12.5. The zero-order valence-corrected chi connectivity index (χ0v) is 16.5. The Kier molecular flexibility index (Phi) is 5.28. The summed E-state index contributed by atoms with van der Waals surface area (Å²) in [7, 11) is 0. The van der Waals surface area contributed by atoms with Crippen LogP contribution in [-0.4, -0.2) is 39.1 Å². The van der Waals surface area contributed by atoms with Crippen LogP contribution >= 0.6 is 11.8 Å². The molecule has 10 heteroatoms. The predicted molar refractivity (Wildman–Crippen MR) is 111 cm³/mol. The number of carboxylic acids is 1. The maximum Gasteiger partial charge on any atom is 0.356 e. The first-order valence-corrected chi connectivity index (χ1v) is 9.93. The highest BCUT2D eigenvalue weighted by molar-refractivity contribution is 8.13. The first-order chi connectivity index (χ1) is 14.6. The third-order valence-electron chi connectivity index (χ3n) is 4.28. The van der Waals surface area contributed by atoms with Crippen molar-refractivity contribution in [3.63, 3.8) is 0 Å². The molecule has 3 aromatic rings. The van der Waals surface area contributed by atoms with Crippen LogP contribution in [0.15, 0.2) is 53.5 Å². The van der Waals surface area contributed by atoms with Crippen LogP contribution in [0.3, 0.4) is 0 Å². The summed E-state index contributed by atoms with van der Waals surface area (Å²) in [6, 6.07) is 14.0. The van der Waals surface area contributed by atoms with Gasteiger partial charge in [-0.3, -0.25) is 5.32 Å². The average Bonchev–Trinajstić information content (AvgIpc) is 3.40. The Bertz CT molecular complexity index is 1180. The number of benzene rings is 2. The smallest absolute Gasteiger partial charge is 0.356 e. The van der Waals surface area contributed by atoms with Gasteiger partial charge in [0.2, 0.25) is 6.79 Å². The Morgan fingerprint density at radius 3 is 2.70 bits per heavy atom. The van der Waals surface area contributed by atoms with Gasteiger partial charge < -0.3 is 14.6 Å². The van der Waals surface area contributed by atoms with Gasteiger partial charge in [0.25, 0.3) is 0 Å². The van der Waals surface area contributed by atoms with Crippen LogP contribution in [0.1, 0.15) is 10.5 Å². The van der Waals surface area contributed by atoms with Crippen LogP contribution in [0, 0.1) is 11.5 Å². The van der Waals surface area contributed by atoms with E-state index in [0.717, 1.165) is 5.56 Å². The van der Waals surface area contributed by atoms with Crippen molar-refractivity contribution in [1.82, 2.24) is 15.1 Å². The molecule has 0 saturated carbocycles. The zero-order chi connectivity index (χ0) is 21.1. The summed E-state index contributed by atoms with van der Waals surface area (Å²) < 4.78 is 12.3. The molecular weight excluding hydrogens is 406 g/mol. The van der Waals surface area contributed by atoms with Crippen molar-refractivity contribution in [2.24, 2.45) is 4.99 Å². The molecule has 2 aromatic carbocycles. The van der Waals surface area contributed by atoms with E-state index in [1.807, 2.05) is 18.5 Å². The van der Waals surface area contributed by atoms with Gasteiger partial charge in [-0.1, -0.05) is 11.8 Å². The van der Waals surface area contributed by atoms with Crippen molar-refractivity contribution >= 4 is 28.6 Å². The molecule has 1 aliphatic heterocycles. The largest absolute Gasteiger partial charge is 0.476 e. The van der Waals surface area contributed by atoms with E-state index in [0.29, 0.717) is 33.7 Å². The van der Waals surface area contributed by atoms with Gasteiger partial charge in [-0.2, -0.15) is 10.4 Å². The van der Waals surface area contributed by atoms with Crippen LogP contribution in [0.2, 0.25) is 0 Å². The molecule has 1 aromatic heterocycles. The van der Waals surface area contributed by atoms with E-state index in [4.69, 9.17) is 14.7 Å². The van der Waals surface area contributed by atoms with Gasteiger partial charge in [-0.15, -0.1) is 0 Å². The highest BCUT2D eigenvalue weighted by atomic mass is 32.2. The van der Waals surface area contributed by atoms with E-state index in [9.17, 15) is 9.90 Å². The standard InChI is InChI=1S/C20H15N5O4S/c1-30-20(22-10-21)23-13-3-5-14(6-4-13)25-16(9-15(24-25)19(26)27)12-2-7-17-18(8-12)29-11-28-17/h2-9H,11H2,1H3,(H,22,23)(H,26,27). The molecule has 0 saturated heterocycles. The van der Waals surface area contributed by atoms with Crippen LogP contribution in [-0.2, 0) is 0 Å². The van der Waals surface area contributed by atoms with Crippen molar-refractivity contribution in [2.45, 2.75) is 0 Å². The third-order valence-corrected chi connectivity index (χ3v) is 4.86. The fourth-order valence-corrected chi connectivity index (χ4v) is 3.25. The number of nitrogens with one attached hydrogen (secondary N) is 1. The lowest BCUT2D eigenvalue weighted by atomic mass is 10.1. The lowest BCUT2D eigenvalue weighted by molar-refractivity contribution is 0.0690. The molecule has 0 amide bonds. The molecule has 0 aliphatic carbocycles. The van der Waals surface area contributed by atoms with E-state index in [1.165, 1.54) is 17.8 Å². The number of aromatic nitrogens is 2. The minimum Gasteiger partial charge on any atom is -0.476 e. The number of ether oxygens (including phenoxy) is 2. The Balaban J connectivity index is 1.74. The second kappa shape index (κ2) is 8.18. The summed E-state index contributed by atoms with van der Waals surface area (Å²) in [6.45, 7) is 0.152. The van der Waals surface area contributed by atoms with Crippen molar-refractivity contribution in [3.05, 3.63) is 54.2 Å². The van der Waals surface area contributed by atoms with Gasteiger partial charge in [0.1, 0.15) is 0 Å². The molecule has 150 valence electrons. The van der Waals surface area contributed by atoms with Crippen LogP contribution in [0.5, 0.6) is 11.5 Å². The fourth-order valence-electron chi connectivity index (χ4n) is 2.90. The van der Waals surface area contributed by atoms with Gasteiger partial charge in [-0.25, -0.2) is 14.5 Å². The summed E-state index contributed by atoms with van der Waals surface area (Å²) in [5.41, 5.74) is 2.56. The van der Waals surface area contributed by atoms with Crippen LogP contribution in [0.4, 0.5) is 5.69 Å². The fraction of sp³-hybridized carbons (Fsp3) is 0.100. The molecule has 0 radical (unpaired) electrons. The highest BCUT2D eigenvalue weighted by Crippen LogP contribution is 2.36. The van der Waals surface area contributed by atoms with Gasteiger partial charge in [0, 0.05) is 5.56 Å². The molecule has 0 unspecified atom stereocenters. The average molecular weight is 421 g/mol. The SMILES string of the molecule is CSC(=Nc1ccc(-n2nc(C(=O)O)cc2-c2ccc3c(c2)OCO3)cc1)NC#N. The molecule has 2 heterocycles. The van der Waals surface area contributed by atoms with E-state index < -0.39 is 5.97 Å². The number of amidine groups is 1. The Morgan fingerprint density at radius 2 is 2.00 bits per heavy atom. The number of hydrogen-bond donors (Lipinski definition) is 2. The summed E-state index contributed by atoms with van der Waals surface area (Å²) >= 11 is 1.32. The maximum atomic E-state index is 11.5. The number of thioether (sulfide) groups is 1. The summed E-state index contributed by atoms with van der Waals surface area (Å²) in [5.74, 6) is 0.113. The summed E-state index contributed by atoms with van der Waals surface area (Å²) in [5, 5.41) is 25.4. The number of carbonyl (C=O) groups is 1. The number of aliphatic imine (C=N–C) groups is 1. The molecule has 4 rings (SSSR count). The summed E-state index contributed by atoms with van der Waals surface area (Å²) in [4.78, 5) is 15.9. The number of fused-ring (bicyclic) bond motifs is 1. The lowest BCUT2D eigenvalue weighted by Crippen LogP contribution is -2.12. The minimum atomic E-state index is -1.12. The minimum absolute atomic E-state index is 0.0762. The molecule has 0 atom stereocenters. The van der Waals surface area contributed by atoms with Crippen LogP contribution < -0.4 is 14.8 Å². The molecule has 1 aliphatic rings. The molecule has 0 fully saturated rings. The molecule has 9 nitrogen and oxygen atoms in total. The molecule has 0 spiro atoms. The van der Waals surface area contributed by atoms with Crippen molar-refractivity contribution in [1.29, 1.82) is 5.26 Å². The monoisotopic (exact) mass is 421 g/mol. The number of aromatic carboxylic acids is 1. The topological polar surface area (TPSA) is 122 Å². The highest BCUT2D eigenvalue weighted by Gasteiger charge is 2.19. The summed E-state index contributed by atoms with van der Waals surface area (Å²) in [6.07, 6.45) is 3.65. The number of rotatable bonds is 4. The quantitative estimate of drug-likeness (QED) is 0.285. The zero-order valence-electron chi connectivity index (χ0n) is 15.7. The number of carboxylic acid groups (broad SMARTS) is 1. The first-order valence-electron chi connectivity index (χ1n) is 8.70. The van der Waals surface area contributed by atoms with E-state index in [-0.39, 0.29) is 12.5 Å². The number of nitrogens with zero attached hydrogens (tertiary/aromatic N) is 4. The Labute approximate surface area is 175 Å². The molecule has 30 heavy (non-hydrogen) atoms. The van der Waals surface area contributed by atoms with Gasteiger partial charge >= 0.3 is 5.97 Å². The molecule has 0 bridgehead atoms. The van der Waals surface area contributed by atoms with Crippen molar-refractivity contribution in [2.75, 3.05) is 13.0 Å². The first kappa shape index (κ1) is 19.4. The Hall–Kier alpha value is -3.97. The number of hydrogen-bond acceptors (Lipinski definition) is 7. The van der Waals surface area contributed by atoms with E-state index in [1.54, 1.807) is 41.1 Å². The van der Waals surface area contributed by atoms with Crippen LogP contribution in [0.25, 0.3) is 16.9 Å². The van der Waals surface area contributed by atoms with Gasteiger partial charge in [0.15, 0.2) is 28.6 Å². The van der Waals surface area contributed by atoms with Gasteiger partial charge in [0.05, 0.1) is 17.1 Å². The Morgan fingerprint density at radius 1 is 1.23 bits per heavy atom. The molecular formula is C20H15N5O4S.